The molecular weight excluding hydrogens is 252 g/mol. The van der Waals surface area contributed by atoms with Crippen molar-refractivity contribution in [1.82, 2.24) is 0 Å². The van der Waals surface area contributed by atoms with Crippen LogP contribution in [0.4, 0.5) is 0 Å². The number of hydrogen-bond acceptors (Lipinski definition) is 5. The quantitative estimate of drug-likeness (QED) is 0.606. The Morgan fingerprint density at radius 1 is 1.33 bits per heavy atom. The van der Waals surface area contributed by atoms with Gasteiger partial charge in [0.15, 0.2) is 0 Å². The van der Waals surface area contributed by atoms with Crippen molar-refractivity contribution < 1.29 is 19.1 Å². The molecule has 0 amide bonds. The first-order valence-corrected chi connectivity index (χ1v) is 6.75. The van der Waals surface area contributed by atoms with Gasteiger partial charge in [0.05, 0.1) is 25.7 Å². The molecule has 0 saturated heterocycles. The molecule has 4 nitrogen and oxygen atoms in total. The standard InChI is InChI=1S/C13H16O4S/c1-4-17-13(15)10-7-9(8-12(14)16-2)5-6-11(10)18-3/h5-7H,4,8H2,1-3H3. The van der Waals surface area contributed by atoms with Crippen LogP contribution in [0.15, 0.2) is 23.1 Å². The first-order chi connectivity index (χ1) is 8.62. The van der Waals surface area contributed by atoms with Gasteiger partial charge >= 0.3 is 11.9 Å². The zero-order chi connectivity index (χ0) is 13.5. The average Bonchev–Trinajstić information content (AvgIpc) is 2.38. The maximum absolute atomic E-state index is 11.8. The fraction of sp³-hybridized carbons (Fsp3) is 0.385. The third-order valence-corrected chi connectivity index (χ3v) is 3.13. The first kappa shape index (κ1) is 14.6. The molecule has 0 radical (unpaired) electrons. The van der Waals surface area contributed by atoms with E-state index in [1.165, 1.54) is 18.9 Å². The maximum atomic E-state index is 11.8. The van der Waals surface area contributed by atoms with Gasteiger partial charge in [0.2, 0.25) is 0 Å². The largest absolute Gasteiger partial charge is 0.469 e. The van der Waals surface area contributed by atoms with Gasteiger partial charge in [0.25, 0.3) is 0 Å². The second-order valence-electron chi connectivity index (χ2n) is 3.51. The normalized spacial score (nSPS) is 9.94. The molecule has 0 bridgehead atoms. The second-order valence-corrected chi connectivity index (χ2v) is 4.36. The van der Waals surface area contributed by atoms with Gasteiger partial charge in [0, 0.05) is 4.90 Å². The minimum Gasteiger partial charge on any atom is -0.469 e. The summed E-state index contributed by atoms with van der Waals surface area (Å²) in [5.41, 5.74) is 1.23. The summed E-state index contributed by atoms with van der Waals surface area (Å²) >= 11 is 1.47. The highest BCUT2D eigenvalue weighted by Crippen LogP contribution is 2.23. The van der Waals surface area contributed by atoms with Crippen molar-refractivity contribution in [3.63, 3.8) is 0 Å². The number of methoxy groups -OCH3 is 1. The van der Waals surface area contributed by atoms with Crippen LogP contribution in [-0.2, 0) is 20.7 Å². The van der Waals surface area contributed by atoms with Crippen molar-refractivity contribution in [2.24, 2.45) is 0 Å². The molecule has 1 aromatic carbocycles. The molecule has 0 aromatic heterocycles. The molecule has 0 saturated carbocycles. The number of thioether (sulfide) groups is 1. The van der Waals surface area contributed by atoms with E-state index in [2.05, 4.69) is 4.74 Å². The molecule has 0 aliphatic heterocycles. The Kier molecular flexibility index (Phi) is 5.71. The highest BCUT2D eigenvalue weighted by atomic mass is 32.2. The SMILES string of the molecule is CCOC(=O)c1cc(CC(=O)OC)ccc1SC. The van der Waals surface area contributed by atoms with Crippen LogP contribution >= 0.6 is 11.8 Å². The molecule has 0 heterocycles. The van der Waals surface area contributed by atoms with Crippen molar-refractivity contribution in [1.29, 1.82) is 0 Å². The fourth-order valence-corrected chi connectivity index (χ4v) is 2.04. The molecule has 0 spiro atoms. The summed E-state index contributed by atoms with van der Waals surface area (Å²) in [6.45, 7) is 2.09. The van der Waals surface area contributed by atoms with E-state index in [0.29, 0.717) is 12.2 Å². The molecule has 18 heavy (non-hydrogen) atoms. The smallest absolute Gasteiger partial charge is 0.339 e. The molecule has 0 fully saturated rings. The van der Waals surface area contributed by atoms with E-state index in [1.54, 1.807) is 13.0 Å². The Labute approximate surface area is 111 Å². The van der Waals surface area contributed by atoms with E-state index in [-0.39, 0.29) is 18.4 Å². The summed E-state index contributed by atoms with van der Waals surface area (Å²) in [5, 5.41) is 0. The van der Waals surface area contributed by atoms with Gasteiger partial charge in [-0.3, -0.25) is 4.79 Å². The van der Waals surface area contributed by atoms with Crippen LogP contribution in [0.1, 0.15) is 22.8 Å². The Balaban J connectivity index is 3.01. The molecule has 98 valence electrons. The monoisotopic (exact) mass is 268 g/mol. The first-order valence-electron chi connectivity index (χ1n) is 5.53. The zero-order valence-corrected chi connectivity index (χ0v) is 11.5. The Morgan fingerprint density at radius 3 is 2.61 bits per heavy atom. The lowest BCUT2D eigenvalue weighted by Gasteiger charge is -2.09. The molecule has 1 rings (SSSR count). The maximum Gasteiger partial charge on any atom is 0.339 e. The lowest BCUT2D eigenvalue weighted by molar-refractivity contribution is -0.139. The van der Waals surface area contributed by atoms with Crippen LogP contribution in [0, 0.1) is 0 Å². The van der Waals surface area contributed by atoms with E-state index >= 15 is 0 Å². The van der Waals surface area contributed by atoms with Gasteiger partial charge in [-0.25, -0.2) is 4.79 Å². The van der Waals surface area contributed by atoms with E-state index in [0.717, 1.165) is 10.5 Å². The van der Waals surface area contributed by atoms with Gasteiger partial charge in [-0.1, -0.05) is 6.07 Å². The van der Waals surface area contributed by atoms with E-state index < -0.39 is 0 Å². The predicted octanol–water partition coefficient (Wildman–Crippen LogP) is 2.30. The van der Waals surface area contributed by atoms with Crippen LogP contribution in [-0.4, -0.2) is 31.9 Å². The fourth-order valence-electron chi connectivity index (χ4n) is 1.47. The predicted molar refractivity (Wildman–Crippen MR) is 69.9 cm³/mol. The summed E-state index contributed by atoms with van der Waals surface area (Å²) in [6, 6.07) is 5.31. The third kappa shape index (κ3) is 3.77. The highest BCUT2D eigenvalue weighted by Gasteiger charge is 2.14. The second kappa shape index (κ2) is 7.06. The summed E-state index contributed by atoms with van der Waals surface area (Å²) < 4.78 is 9.59. The Bertz CT molecular complexity index is 443. The molecule has 0 aliphatic rings. The molecular formula is C13H16O4S. The zero-order valence-electron chi connectivity index (χ0n) is 10.7. The van der Waals surface area contributed by atoms with Crippen LogP contribution in [0.25, 0.3) is 0 Å². The van der Waals surface area contributed by atoms with Gasteiger partial charge < -0.3 is 9.47 Å². The molecule has 0 unspecified atom stereocenters. The lowest BCUT2D eigenvalue weighted by atomic mass is 10.1. The van der Waals surface area contributed by atoms with Gasteiger partial charge in [-0.05, 0) is 30.9 Å². The minimum absolute atomic E-state index is 0.150. The summed E-state index contributed by atoms with van der Waals surface area (Å²) in [7, 11) is 1.34. The number of carbonyl (C=O) groups excluding carboxylic acids is 2. The topological polar surface area (TPSA) is 52.6 Å². The van der Waals surface area contributed by atoms with E-state index in [1.807, 2.05) is 18.4 Å². The molecule has 0 atom stereocenters. The van der Waals surface area contributed by atoms with Crippen LogP contribution in [0.3, 0.4) is 0 Å². The Hall–Kier alpha value is -1.49. The van der Waals surface area contributed by atoms with Gasteiger partial charge in [-0.2, -0.15) is 0 Å². The highest BCUT2D eigenvalue weighted by molar-refractivity contribution is 7.98. The van der Waals surface area contributed by atoms with Crippen molar-refractivity contribution in [3.05, 3.63) is 29.3 Å². The summed E-state index contributed by atoms with van der Waals surface area (Å²) in [4.78, 5) is 23.8. The summed E-state index contributed by atoms with van der Waals surface area (Å²) in [5.74, 6) is -0.699. The average molecular weight is 268 g/mol. The number of carbonyl (C=O) groups is 2. The van der Waals surface area contributed by atoms with Gasteiger partial charge in [0.1, 0.15) is 0 Å². The number of hydrogen-bond donors (Lipinski definition) is 0. The van der Waals surface area contributed by atoms with Gasteiger partial charge in [-0.15, -0.1) is 11.8 Å². The number of rotatable bonds is 5. The molecule has 1 aromatic rings. The molecule has 5 heteroatoms. The minimum atomic E-state index is -0.367. The van der Waals surface area contributed by atoms with Crippen molar-refractivity contribution in [3.8, 4) is 0 Å². The van der Waals surface area contributed by atoms with Crippen LogP contribution in [0.5, 0.6) is 0 Å². The third-order valence-electron chi connectivity index (χ3n) is 2.34. The van der Waals surface area contributed by atoms with Crippen molar-refractivity contribution >= 4 is 23.7 Å². The van der Waals surface area contributed by atoms with Crippen LogP contribution < -0.4 is 0 Å². The van der Waals surface area contributed by atoms with Crippen LogP contribution in [0.2, 0.25) is 0 Å². The number of benzene rings is 1. The Morgan fingerprint density at radius 2 is 2.06 bits per heavy atom. The van der Waals surface area contributed by atoms with E-state index in [9.17, 15) is 9.59 Å². The lowest BCUT2D eigenvalue weighted by Crippen LogP contribution is -2.09. The van der Waals surface area contributed by atoms with Crippen molar-refractivity contribution in [2.45, 2.75) is 18.2 Å². The summed E-state index contributed by atoms with van der Waals surface area (Å²) in [6.07, 6.45) is 2.04. The number of ether oxygens (including phenoxy) is 2. The molecule has 0 N–H and O–H groups in total. The molecule has 0 aliphatic carbocycles. The number of esters is 2. The van der Waals surface area contributed by atoms with E-state index in [4.69, 9.17) is 4.74 Å². The van der Waals surface area contributed by atoms with Crippen molar-refractivity contribution in [2.75, 3.05) is 20.0 Å².